The Morgan fingerprint density at radius 3 is 2.44 bits per heavy atom. The van der Waals surface area contributed by atoms with Gasteiger partial charge in [0.25, 0.3) is 0 Å². The molecule has 0 saturated carbocycles. The number of hydrogen-bond donors (Lipinski definition) is 0. The van der Waals surface area contributed by atoms with Crippen molar-refractivity contribution >= 4 is 27.5 Å². The molecule has 0 N–H and O–H groups in total. The van der Waals surface area contributed by atoms with Crippen molar-refractivity contribution in [3.05, 3.63) is 24.3 Å². The number of rotatable bonds is 7. The molecule has 4 heteroatoms. The topological polar surface area (TPSA) is 29.5 Å². The van der Waals surface area contributed by atoms with Crippen molar-refractivity contribution < 1.29 is 9.53 Å². The molecule has 0 aliphatic rings. The average molecular weight is 314 g/mol. The lowest BCUT2D eigenvalue weighted by atomic mass is 10.2. The molecule has 0 bridgehead atoms. The highest BCUT2D eigenvalue weighted by molar-refractivity contribution is 9.09. The van der Waals surface area contributed by atoms with E-state index in [1.807, 2.05) is 31.2 Å². The van der Waals surface area contributed by atoms with E-state index in [-0.39, 0.29) is 5.91 Å². The van der Waals surface area contributed by atoms with Crippen LogP contribution in [-0.2, 0) is 4.79 Å². The highest BCUT2D eigenvalue weighted by Gasteiger charge is 2.10. The molecule has 100 valence electrons. The Labute approximate surface area is 117 Å². The lowest BCUT2D eigenvalue weighted by Gasteiger charge is -2.21. The normalized spacial score (nSPS) is 10.2. The van der Waals surface area contributed by atoms with Crippen molar-refractivity contribution in [3.8, 4) is 5.75 Å². The first kappa shape index (κ1) is 15.0. The van der Waals surface area contributed by atoms with E-state index >= 15 is 0 Å². The van der Waals surface area contributed by atoms with E-state index in [0.29, 0.717) is 6.61 Å². The zero-order valence-corrected chi connectivity index (χ0v) is 12.6. The third kappa shape index (κ3) is 4.69. The summed E-state index contributed by atoms with van der Waals surface area (Å²) in [6, 6.07) is 7.67. The number of halogens is 1. The SMILES string of the molecule is CCOc1ccc(N(CCCCBr)C(C)=O)cc1. The summed E-state index contributed by atoms with van der Waals surface area (Å²) in [4.78, 5) is 13.4. The number of amides is 1. The molecule has 1 aromatic carbocycles. The first-order valence-corrected chi connectivity index (χ1v) is 7.38. The third-order valence-electron chi connectivity index (χ3n) is 2.60. The number of anilines is 1. The van der Waals surface area contributed by atoms with Crippen LogP contribution in [0.5, 0.6) is 5.75 Å². The minimum atomic E-state index is 0.0775. The molecule has 3 nitrogen and oxygen atoms in total. The first-order chi connectivity index (χ1) is 8.69. The maximum atomic E-state index is 11.6. The number of nitrogens with zero attached hydrogens (tertiary/aromatic N) is 1. The highest BCUT2D eigenvalue weighted by atomic mass is 79.9. The minimum Gasteiger partial charge on any atom is -0.494 e. The van der Waals surface area contributed by atoms with Gasteiger partial charge in [-0.25, -0.2) is 0 Å². The number of unbranched alkanes of at least 4 members (excludes halogenated alkanes) is 1. The van der Waals surface area contributed by atoms with Crippen LogP contribution in [-0.4, -0.2) is 24.4 Å². The lowest BCUT2D eigenvalue weighted by Crippen LogP contribution is -2.29. The summed E-state index contributed by atoms with van der Waals surface area (Å²) in [5.74, 6) is 0.916. The molecule has 1 rings (SSSR count). The number of benzene rings is 1. The average Bonchev–Trinajstić information content (AvgIpc) is 2.36. The van der Waals surface area contributed by atoms with Crippen LogP contribution >= 0.6 is 15.9 Å². The fourth-order valence-corrected chi connectivity index (χ4v) is 2.12. The van der Waals surface area contributed by atoms with E-state index in [1.54, 1.807) is 11.8 Å². The number of carbonyl (C=O) groups excluding carboxylic acids is 1. The molecular formula is C14H20BrNO2. The zero-order valence-electron chi connectivity index (χ0n) is 11.0. The Morgan fingerprint density at radius 1 is 1.28 bits per heavy atom. The molecule has 18 heavy (non-hydrogen) atoms. The molecule has 1 amide bonds. The molecule has 0 unspecified atom stereocenters. The van der Waals surface area contributed by atoms with E-state index in [9.17, 15) is 4.79 Å². The summed E-state index contributed by atoms with van der Waals surface area (Å²) in [7, 11) is 0. The van der Waals surface area contributed by atoms with Gasteiger partial charge in [0.15, 0.2) is 0 Å². The van der Waals surface area contributed by atoms with Crippen LogP contribution < -0.4 is 9.64 Å². The fourth-order valence-electron chi connectivity index (χ4n) is 1.72. The Morgan fingerprint density at radius 2 is 1.94 bits per heavy atom. The summed E-state index contributed by atoms with van der Waals surface area (Å²) < 4.78 is 5.39. The van der Waals surface area contributed by atoms with Crippen LogP contribution in [0, 0.1) is 0 Å². The molecule has 0 saturated heterocycles. The quantitative estimate of drug-likeness (QED) is 0.568. The number of ether oxygens (including phenoxy) is 1. The molecule has 0 atom stereocenters. The largest absolute Gasteiger partial charge is 0.494 e. The van der Waals surface area contributed by atoms with Gasteiger partial charge in [-0.15, -0.1) is 0 Å². The third-order valence-corrected chi connectivity index (χ3v) is 3.17. The van der Waals surface area contributed by atoms with Gasteiger partial charge < -0.3 is 9.64 Å². The maximum Gasteiger partial charge on any atom is 0.223 e. The standard InChI is InChI=1S/C14H20BrNO2/c1-3-18-14-8-6-13(7-9-14)16(12(2)17)11-5-4-10-15/h6-9H,3-5,10-11H2,1-2H3. The Kier molecular flexibility index (Phi) is 6.80. The smallest absolute Gasteiger partial charge is 0.223 e. The van der Waals surface area contributed by atoms with Crippen molar-refractivity contribution in [1.82, 2.24) is 0 Å². The molecule has 0 aromatic heterocycles. The second-order valence-electron chi connectivity index (χ2n) is 3.99. The van der Waals surface area contributed by atoms with Gasteiger partial charge in [-0.05, 0) is 44.0 Å². The van der Waals surface area contributed by atoms with E-state index in [1.165, 1.54) is 0 Å². The van der Waals surface area contributed by atoms with Gasteiger partial charge in [-0.2, -0.15) is 0 Å². The zero-order chi connectivity index (χ0) is 13.4. The monoisotopic (exact) mass is 313 g/mol. The fraction of sp³-hybridized carbons (Fsp3) is 0.500. The Bertz CT molecular complexity index is 365. The molecular weight excluding hydrogens is 294 g/mol. The van der Waals surface area contributed by atoms with Crippen LogP contribution in [0.1, 0.15) is 26.7 Å². The van der Waals surface area contributed by atoms with Crippen molar-refractivity contribution in [2.24, 2.45) is 0 Å². The maximum absolute atomic E-state index is 11.6. The van der Waals surface area contributed by atoms with Crippen molar-refractivity contribution in [2.45, 2.75) is 26.7 Å². The van der Waals surface area contributed by atoms with Crippen molar-refractivity contribution in [3.63, 3.8) is 0 Å². The second kappa shape index (κ2) is 8.14. The highest BCUT2D eigenvalue weighted by Crippen LogP contribution is 2.20. The van der Waals surface area contributed by atoms with Crippen LogP contribution in [0.3, 0.4) is 0 Å². The molecule has 0 heterocycles. The molecule has 0 aliphatic carbocycles. The van der Waals surface area contributed by atoms with Crippen LogP contribution in [0.2, 0.25) is 0 Å². The lowest BCUT2D eigenvalue weighted by molar-refractivity contribution is -0.116. The minimum absolute atomic E-state index is 0.0775. The molecule has 0 spiro atoms. The summed E-state index contributed by atoms with van der Waals surface area (Å²) in [6.07, 6.45) is 2.07. The molecule has 0 radical (unpaired) electrons. The first-order valence-electron chi connectivity index (χ1n) is 6.26. The van der Waals surface area contributed by atoms with E-state index in [4.69, 9.17) is 4.74 Å². The van der Waals surface area contributed by atoms with Crippen molar-refractivity contribution in [1.29, 1.82) is 0 Å². The Balaban J connectivity index is 2.69. The van der Waals surface area contributed by atoms with Crippen LogP contribution in [0.25, 0.3) is 0 Å². The van der Waals surface area contributed by atoms with Gasteiger partial charge in [-0.3, -0.25) is 4.79 Å². The van der Waals surface area contributed by atoms with Gasteiger partial charge in [-0.1, -0.05) is 15.9 Å². The molecule has 0 fully saturated rings. The van der Waals surface area contributed by atoms with Gasteiger partial charge in [0, 0.05) is 24.5 Å². The van der Waals surface area contributed by atoms with Crippen LogP contribution in [0.15, 0.2) is 24.3 Å². The summed E-state index contributed by atoms with van der Waals surface area (Å²) >= 11 is 3.40. The van der Waals surface area contributed by atoms with E-state index < -0.39 is 0 Å². The summed E-state index contributed by atoms with van der Waals surface area (Å²) in [5, 5.41) is 0.974. The van der Waals surface area contributed by atoms with Gasteiger partial charge in [0.1, 0.15) is 5.75 Å². The summed E-state index contributed by atoms with van der Waals surface area (Å²) in [6.45, 7) is 4.97. The summed E-state index contributed by atoms with van der Waals surface area (Å²) in [5.41, 5.74) is 0.931. The predicted molar refractivity (Wildman–Crippen MR) is 78.7 cm³/mol. The van der Waals surface area contributed by atoms with Gasteiger partial charge in [0.2, 0.25) is 5.91 Å². The number of carbonyl (C=O) groups is 1. The molecule has 0 aliphatic heterocycles. The van der Waals surface area contributed by atoms with E-state index in [2.05, 4.69) is 15.9 Å². The Hall–Kier alpha value is -1.03. The number of alkyl halides is 1. The van der Waals surface area contributed by atoms with Gasteiger partial charge >= 0.3 is 0 Å². The van der Waals surface area contributed by atoms with Crippen molar-refractivity contribution in [2.75, 3.05) is 23.4 Å². The van der Waals surface area contributed by atoms with Crippen LogP contribution in [0.4, 0.5) is 5.69 Å². The predicted octanol–water partition coefficient (Wildman–Crippen LogP) is 3.61. The molecule has 1 aromatic rings. The second-order valence-corrected chi connectivity index (χ2v) is 4.79. The van der Waals surface area contributed by atoms with E-state index in [0.717, 1.165) is 36.2 Å². The number of hydrogen-bond acceptors (Lipinski definition) is 2. The van der Waals surface area contributed by atoms with Gasteiger partial charge in [0.05, 0.1) is 6.61 Å².